The van der Waals surface area contributed by atoms with E-state index in [0.717, 1.165) is 43.7 Å². The Morgan fingerprint density at radius 1 is 1.57 bits per heavy atom. The summed E-state index contributed by atoms with van der Waals surface area (Å²) in [6.45, 7) is 3.56. The molecule has 1 saturated heterocycles. The van der Waals surface area contributed by atoms with Crippen LogP contribution in [0.5, 0.6) is 0 Å². The van der Waals surface area contributed by atoms with E-state index in [1.54, 1.807) is 12.3 Å². The van der Waals surface area contributed by atoms with Gasteiger partial charge in [-0.15, -0.1) is 0 Å². The SMILES string of the molecule is CCCc1cc(C(=O)N2CCCC(c3ccn[nH]3)C2)no1. The number of carbonyl (C=O) groups is 1. The van der Waals surface area contributed by atoms with Gasteiger partial charge in [0.2, 0.25) is 0 Å². The van der Waals surface area contributed by atoms with Crippen molar-refractivity contribution in [2.75, 3.05) is 13.1 Å². The third kappa shape index (κ3) is 2.99. The Balaban J connectivity index is 1.68. The van der Waals surface area contributed by atoms with E-state index in [0.29, 0.717) is 18.2 Å². The molecule has 1 unspecified atom stereocenters. The summed E-state index contributed by atoms with van der Waals surface area (Å²) in [5.74, 6) is 1.07. The van der Waals surface area contributed by atoms with Crippen molar-refractivity contribution in [2.45, 2.75) is 38.5 Å². The maximum absolute atomic E-state index is 12.5. The molecule has 1 atom stereocenters. The van der Waals surface area contributed by atoms with Crippen LogP contribution in [0.4, 0.5) is 0 Å². The number of aryl methyl sites for hydroxylation is 1. The van der Waals surface area contributed by atoms with Crippen molar-refractivity contribution in [1.29, 1.82) is 0 Å². The van der Waals surface area contributed by atoms with Gasteiger partial charge in [0, 0.05) is 43.4 Å². The number of piperidine rings is 1. The molecule has 1 aliphatic rings. The Morgan fingerprint density at radius 3 is 3.24 bits per heavy atom. The summed E-state index contributed by atoms with van der Waals surface area (Å²) in [5.41, 5.74) is 1.52. The summed E-state index contributed by atoms with van der Waals surface area (Å²) in [7, 11) is 0. The second kappa shape index (κ2) is 6.11. The molecule has 6 nitrogen and oxygen atoms in total. The minimum absolute atomic E-state index is 0.0367. The van der Waals surface area contributed by atoms with Gasteiger partial charge in [-0.05, 0) is 25.3 Å². The molecule has 0 spiro atoms. The maximum atomic E-state index is 12.5. The van der Waals surface area contributed by atoms with E-state index in [1.165, 1.54) is 0 Å². The van der Waals surface area contributed by atoms with Gasteiger partial charge >= 0.3 is 0 Å². The highest BCUT2D eigenvalue weighted by Gasteiger charge is 2.27. The molecule has 1 fully saturated rings. The van der Waals surface area contributed by atoms with Crippen molar-refractivity contribution in [3.63, 3.8) is 0 Å². The lowest BCUT2D eigenvalue weighted by molar-refractivity contribution is 0.0695. The fourth-order valence-corrected chi connectivity index (χ4v) is 2.85. The number of aromatic amines is 1. The maximum Gasteiger partial charge on any atom is 0.276 e. The fraction of sp³-hybridized carbons (Fsp3) is 0.533. The monoisotopic (exact) mass is 288 g/mol. The van der Waals surface area contributed by atoms with Crippen LogP contribution in [0.3, 0.4) is 0 Å². The Bertz CT molecular complexity index is 591. The van der Waals surface area contributed by atoms with Gasteiger partial charge in [0.1, 0.15) is 5.76 Å². The third-order valence-electron chi connectivity index (χ3n) is 3.95. The Kier molecular flexibility index (Phi) is 4.03. The van der Waals surface area contributed by atoms with Crippen LogP contribution in [0.2, 0.25) is 0 Å². The standard InChI is InChI=1S/C15H20N4O2/c1-2-4-12-9-14(18-21-12)15(20)19-8-3-5-11(10-19)13-6-7-16-17-13/h6-7,9,11H,2-5,8,10H2,1H3,(H,16,17). The molecule has 1 amide bonds. The van der Waals surface area contributed by atoms with Gasteiger partial charge in [0.05, 0.1) is 0 Å². The van der Waals surface area contributed by atoms with Crippen LogP contribution in [0.1, 0.15) is 54.0 Å². The smallest absolute Gasteiger partial charge is 0.276 e. The summed E-state index contributed by atoms with van der Waals surface area (Å²) in [4.78, 5) is 14.4. The molecule has 0 saturated carbocycles. The van der Waals surface area contributed by atoms with Crippen LogP contribution in [0.15, 0.2) is 22.9 Å². The van der Waals surface area contributed by atoms with Crippen LogP contribution in [0.25, 0.3) is 0 Å². The number of rotatable bonds is 4. The fourth-order valence-electron chi connectivity index (χ4n) is 2.85. The summed E-state index contributed by atoms with van der Waals surface area (Å²) in [5, 5.41) is 10.9. The van der Waals surface area contributed by atoms with Crippen molar-refractivity contribution in [1.82, 2.24) is 20.3 Å². The number of hydrogen-bond acceptors (Lipinski definition) is 4. The molecule has 0 aromatic carbocycles. The van der Waals surface area contributed by atoms with Crippen LogP contribution in [-0.2, 0) is 6.42 Å². The van der Waals surface area contributed by atoms with E-state index in [1.807, 2.05) is 11.0 Å². The summed E-state index contributed by atoms with van der Waals surface area (Å²) in [6.07, 6.45) is 5.62. The van der Waals surface area contributed by atoms with Gasteiger partial charge in [-0.2, -0.15) is 5.10 Å². The van der Waals surface area contributed by atoms with Gasteiger partial charge in [-0.3, -0.25) is 9.89 Å². The van der Waals surface area contributed by atoms with Gasteiger partial charge in [-0.1, -0.05) is 12.1 Å². The van der Waals surface area contributed by atoms with Crippen molar-refractivity contribution < 1.29 is 9.32 Å². The number of nitrogens with one attached hydrogen (secondary N) is 1. The van der Waals surface area contributed by atoms with Gasteiger partial charge < -0.3 is 9.42 Å². The van der Waals surface area contributed by atoms with Gasteiger partial charge in [0.25, 0.3) is 5.91 Å². The average molecular weight is 288 g/mol. The molecule has 0 aliphatic carbocycles. The highest BCUT2D eigenvalue weighted by atomic mass is 16.5. The van der Waals surface area contributed by atoms with Crippen LogP contribution in [0, 0.1) is 0 Å². The number of likely N-dealkylation sites (tertiary alicyclic amines) is 1. The zero-order valence-corrected chi connectivity index (χ0v) is 12.2. The number of nitrogens with zero attached hydrogens (tertiary/aromatic N) is 3. The van der Waals surface area contributed by atoms with Crippen molar-refractivity contribution in [2.24, 2.45) is 0 Å². The van der Waals surface area contributed by atoms with Gasteiger partial charge in [-0.25, -0.2) is 0 Å². The molecular formula is C15H20N4O2. The minimum Gasteiger partial charge on any atom is -0.361 e. The Hall–Kier alpha value is -2.11. The van der Waals surface area contributed by atoms with Gasteiger partial charge in [0.15, 0.2) is 5.69 Å². The lowest BCUT2D eigenvalue weighted by Crippen LogP contribution is -2.39. The van der Waals surface area contributed by atoms with E-state index in [9.17, 15) is 4.79 Å². The molecule has 0 bridgehead atoms. The number of hydrogen-bond donors (Lipinski definition) is 1. The number of H-pyrrole nitrogens is 1. The zero-order valence-electron chi connectivity index (χ0n) is 12.2. The first kappa shape index (κ1) is 13.9. The largest absolute Gasteiger partial charge is 0.361 e. The predicted molar refractivity (Wildman–Crippen MR) is 77.0 cm³/mol. The molecule has 2 aromatic heterocycles. The topological polar surface area (TPSA) is 75.0 Å². The molecule has 0 radical (unpaired) electrons. The first-order valence-electron chi connectivity index (χ1n) is 7.52. The second-order valence-electron chi connectivity index (χ2n) is 5.53. The van der Waals surface area contributed by atoms with E-state index in [2.05, 4.69) is 22.3 Å². The highest BCUT2D eigenvalue weighted by Crippen LogP contribution is 2.26. The quantitative estimate of drug-likeness (QED) is 0.937. The molecule has 112 valence electrons. The van der Waals surface area contributed by atoms with E-state index in [4.69, 9.17) is 4.52 Å². The average Bonchev–Trinajstić information content (AvgIpc) is 3.18. The van der Waals surface area contributed by atoms with E-state index >= 15 is 0 Å². The van der Waals surface area contributed by atoms with Crippen molar-refractivity contribution in [3.8, 4) is 0 Å². The summed E-state index contributed by atoms with van der Waals surface area (Å²) < 4.78 is 5.20. The lowest BCUT2D eigenvalue weighted by atomic mass is 9.95. The molecule has 21 heavy (non-hydrogen) atoms. The Labute approximate surface area is 123 Å². The third-order valence-corrected chi connectivity index (χ3v) is 3.95. The second-order valence-corrected chi connectivity index (χ2v) is 5.53. The molecular weight excluding hydrogens is 268 g/mol. The zero-order chi connectivity index (χ0) is 14.7. The Morgan fingerprint density at radius 2 is 2.48 bits per heavy atom. The summed E-state index contributed by atoms with van der Waals surface area (Å²) in [6, 6.07) is 3.75. The van der Waals surface area contributed by atoms with Crippen molar-refractivity contribution >= 4 is 5.91 Å². The number of amides is 1. The first-order chi connectivity index (χ1) is 10.3. The van der Waals surface area contributed by atoms with E-state index < -0.39 is 0 Å². The molecule has 1 N–H and O–H groups in total. The number of carbonyl (C=O) groups excluding carboxylic acids is 1. The highest BCUT2D eigenvalue weighted by molar-refractivity contribution is 5.92. The van der Waals surface area contributed by atoms with Crippen molar-refractivity contribution in [3.05, 3.63) is 35.5 Å². The molecule has 6 heteroatoms. The summed E-state index contributed by atoms with van der Waals surface area (Å²) >= 11 is 0. The molecule has 3 rings (SSSR count). The minimum atomic E-state index is -0.0367. The number of aromatic nitrogens is 3. The van der Waals surface area contributed by atoms with Crippen LogP contribution >= 0.6 is 0 Å². The predicted octanol–water partition coefficient (Wildman–Crippen LogP) is 2.37. The van der Waals surface area contributed by atoms with Crippen LogP contribution < -0.4 is 0 Å². The molecule has 3 heterocycles. The first-order valence-corrected chi connectivity index (χ1v) is 7.52. The van der Waals surface area contributed by atoms with Crippen LogP contribution in [-0.4, -0.2) is 39.3 Å². The normalized spacial score (nSPS) is 18.9. The lowest BCUT2D eigenvalue weighted by Gasteiger charge is -2.31. The molecule has 1 aliphatic heterocycles. The van der Waals surface area contributed by atoms with E-state index in [-0.39, 0.29) is 5.91 Å². The molecule has 2 aromatic rings.